The van der Waals surface area contributed by atoms with E-state index in [1.807, 2.05) is 0 Å². The second kappa shape index (κ2) is 3.34. The molecule has 10 heavy (non-hydrogen) atoms. The smallest absolute Gasteiger partial charge is 0.109 e. The molecule has 0 bridgehead atoms. The Balaban J connectivity index is 2.53. The Bertz CT molecular complexity index is 120. The molecule has 4 heteroatoms. The Labute approximate surface area is 73.5 Å². The van der Waals surface area contributed by atoms with E-state index in [9.17, 15) is 10.2 Å². The summed E-state index contributed by atoms with van der Waals surface area (Å²) in [6, 6.07) is 0. The summed E-state index contributed by atoms with van der Waals surface area (Å²) in [5, 5.41) is 18.4. The third-order valence-electron chi connectivity index (χ3n) is 1.75. The van der Waals surface area contributed by atoms with Gasteiger partial charge in [0.2, 0.25) is 0 Å². The van der Waals surface area contributed by atoms with E-state index in [-0.39, 0.29) is 12.2 Å². The van der Waals surface area contributed by atoms with E-state index in [0.717, 1.165) is 4.43 Å². The Morgan fingerprint density at radius 3 is 2.20 bits per heavy atom. The Kier molecular flexibility index (Phi) is 2.91. The average Bonchev–Trinajstić information content (AvgIpc) is 2.17. The van der Waals surface area contributed by atoms with Gasteiger partial charge in [-0.15, -0.1) is 0 Å². The summed E-state index contributed by atoms with van der Waals surface area (Å²) in [5.74, 6) is 0. The van der Waals surface area contributed by atoms with Crippen LogP contribution in [0.2, 0.25) is 0 Å². The molecule has 1 saturated heterocycles. The molecule has 1 unspecified atom stereocenters. The zero-order valence-corrected chi connectivity index (χ0v) is 7.85. The Morgan fingerprint density at radius 2 is 2.00 bits per heavy atom. The van der Waals surface area contributed by atoms with Gasteiger partial charge in [0.1, 0.15) is 12.2 Å². The van der Waals surface area contributed by atoms with Crippen LogP contribution in [0.1, 0.15) is 6.92 Å². The summed E-state index contributed by atoms with van der Waals surface area (Å²) < 4.78 is 5.95. The Hall–Kier alpha value is 0.610. The maximum absolute atomic E-state index is 9.25. The second-order valence-corrected chi connectivity index (χ2v) is 3.40. The Morgan fingerprint density at radius 1 is 1.40 bits per heavy atom. The van der Waals surface area contributed by atoms with Crippen LogP contribution in [-0.2, 0) is 4.74 Å². The van der Waals surface area contributed by atoms with Crippen molar-refractivity contribution in [3.63, 3.8) is 0 Å². The summed E-state index contributed by atoms with van der Waals surface area (Å²) in [7, 11) is 0. The molecule has 2 N–H and O–H groups in total. The van der Waals surface area contributed by atoms with Crippen molar-refractivity contribution in [3.8, 4) is 0 Å². The number of alkyl halides is 1. The first-order chi connectivity index (χ1) is 4.66. The summed E-state index contributed by atoms with van der Waals surface area (Å²) in [5.41, 5.74) is 0. The predicted molar refractivity (Wildman–Crippen MR) is 45.2 cm³/mol. The summed E-state index contributed by atoms with van der Waals surface area (Å²) in [6.07, 6.45) is -1.83. The lowest BCUT2D eigenvalue weighted by molar-refractivity contribution is 0.0308. The van der Waals surface area contributed by atoms with Gasteiger partial charge in [0.05, 0.1) is 12.2 Å². The van der Waals surface area contributed by atoms with Gasteiger partial charge >= 0.3 is 0 Å². The normalized spacial score (nSPS) is 48.0. The van der Waals surface area contributed by atoms with Gasteiger partial charge in [-0.25, -0.2) is 0 Å². The molecular formula is C6H11IO3. The maximum atomic E-state index is 9.25. The largest absolute Gasteiger partial charge is 0.388 e. The molecule has 1 heterocycles. The number of ether oxygens (including phenoxy) is 1. The first kappa shape index (κ1) is 8.70. The number of hydrogen-bond acceptors (Lipinski definition) is 3. The molecule has 1 aliphatic heterocycles. The van der Waals surface area contributed by atoms with Gasteiger partial charge in [0.25, 0.3) is 0 Å². The van der Waals surface area contributed by atoms with Gasteiger partial charge in [-0.05, 0) is 6.92 Å². The summed E-state index contributed by atoms with van der Waals surface area (Å²) >= 11 is 2.13. The van der Waals surface area contributed by atoms with Gasteiger partial charge in [0.15, 0.2) is 0 Å². The van der Waals surface area contributed by atoms with Crippen molar-refractivity contribution in [2.24, 2.45) is 0 Å². The van der Waals surface area contributed by atoms with Gasteiger partial charge in [-0.1, -0.05) is 22.6 Å². The minimum Gasteiger partial charge on any atom is -0.388 e. The van der Waals surface area contributed by atoms with Crippen LogP contribution < -0.4 is 0 Å². The van der Waals surface area contributed by atoms with Gasteiger partial charge in [-0.2, -0.15) is 0 Å². The molecule has 1 rings (SSSR count). The monoisotopic (exact) mass is 258 g/mol. The van der Waals surface area contributed by atoms with E-state index in [2.05, 4.69) is 22.6 Å². The maximum Gasteiger partial charge on any atom is 0.109 e. The molecule has 1 fully saturated rings. The highest BCUT2D eigenvalue weighted by atomic mass is 127. The van der Waals surface area contributed by atoms with E-state index in [0.29, 0.717) is 0 Å². The van der Waals surface area contributed by atoms with E-state index in [4.69, 9.17) is 4.74 Å². The second-order valence-electron chi connectivity index (χ2n) is 2.52. The molecule has 1 aliphatic rings. The molecule has 0 aromatic heterocycles. The van der Waals surface area contributed by atoms with E-state index in [1.165, 1.54) is 0 Å². The topological polar surface area (TPSA) is 49.7 Å². The fraction of sp³-hybridized carbons (Fsp3) is 1.00. The lowest BCUT2D eigenvalue weighted by atomic mass is 10.1. The van der Waals surface area contributed by atoms with Crippen LogP contribution in [0.3, 0.4) is 0 Å². The fourth-order valence-corrected chi connectivity index (χ4v) is 1.79. The van der Waals surface area contributed by atoms with Crippen LogP contribution in [0.25, 0.3) is 0 Å². The molecule has 0 aromatic carbocycles. The number of aliphatic hydroxyl groups excluding tert-OH is 2. The highest BCUT2D eigenvalue weighted by Gasteiger charge is 2.39. The molecule has 0 amide bonds. The van der Waals surface area contributed by atoms with Crippen molar-refractivity contribution in [2.75, 3.05) is 4.43 Å². The van der Waals surface area contributed by atoms with Crippen molar-refractivity contribution in [3.05, 3.63) is 0 Å². The fourth-order valence-electron chi connectivity index (χ4n) is 1.06. The highest BCUT2D eigenvalue weighted by molar-refractivity contribution is 14.1. The molecular weight excluding hydrogens is 247 g/mol. The number of halogens is 1. The summed E-state index contributed by atoms with van der Waals surface area (Å²) in [6.45, 7) is 1.76. The first-order valence-corrected chi connectivity index (χ1v) is 4.77. The van der Waals surface area contributed by atoms with Crippen LogP contribution >= 0.6 is 22.6 Å². The zero-order valence-electron chi connectivity index (χ0n) is 5.70. The van der Waals surface area contributed by atoms with E-state index in [1.54, 1.807) is 6.92 Å². The van der Waals surface area contributed by atoms with Crippen molar-refractivity contribution in [1.29, 1.82) is 0 Å². The van der Waals surface area contributed by atoms with Crippen LogP contribution in [0.5, 0.6) is 0 Å². The number of rotatable bonds is 1. The van der Waals surface area contributed by atoms with Crippen LogP contribution in [0, 0.1) is 0 Å². The van der Waals surface area contributed by atoms with Gasteiger partial charge < -0.3 is 14.9 Å². The van der Waals surface area contributed by atoms with Crippen molar-refractivity contribution >= 4 is 22.6 Å². The van der Waals surface area contributed by atoms with Crippen molar-refractivity contribution < 1.29 is 14.9 Å². The predicted octanol–water partition coefficient (Wildman–Crippen LogP) is -0.0695. The van der Waals surface area contributed by atoms with Gasteiger partial charge in [0, 0.05) is 4.43 Å². The standard InChI is InChI=1S/C6H11IO3/c1-3-5(8)6(9)4(2-7)10-3/h3-6,8-9H,2H2,1H3/t3-,4+,5?,6+/m0/s1. The van der Waals surface area contributed by atoms with E-state index < -0.39 is 12.2 Å². The first-order valence-electron chi connectivity index (χ1n) is 3.24. The molecule has 0 radical (unpaired) electrons. The average molecular weight is 258 g/mol. The molecule has 0 spiro atoms. The van der Waals surface area contributed by atoms with Crippen LogP contribution in [0.4, 0.5) is 0 Å². The number of hydrogen-bond donors (Lipinski definition) is 2. The lowest BCUT2D eigenvalue weighted by Crippen LogP contribution is -2.32. The molecule has 0 saturated carbocycles. The van der Waals surface area contributed by atoms with Crippen molar-refractivity contribution in [1.82, 2.24) is 0 Å². The number of aliphatic hydroxyl groups is 2. The molecule has 4 atom stereocenters. The van der Waals surface area contributed by atoms with E-state index >= 15 is 0 Å². The molecule has 0 aromatic rings. The molecule has 0 aliphatic carbocycles. The lowest BCUT2D eigenvalue weighted by Gasteiger charge is -2.10. The highest BCUT2D eigenvalue weighted by Crippen LogP contribution is 2.21. The minimum absolute atomic E-state index is 0.189. The molecule has 3 nitrogen and oxygen atoms in total. The third kappa shape index (κ3) is 1.44. The summed E-state index contributed by atoms with van der Waals surface area (Å²) in [4.78, 5) is 0. The zero-order chi connectivity index (χ0) is 7.72. The SMILES string of the molecule is C[C@@H]1O[C@H](CI)[C@@H](O)C1O. The van der Waals surface area contributed by atoms with Crippen LogP contribution in [-0.4, -0.2) is 39.1 Å². The quantitative estimate of drug-likeness (QED) is 0.511. The minimum atomic E-state index is -0.709. The van der Waals surface area contributed by atoms with Crippen molar-refractivity contribution in [2.45, 2.75) is 31.3 Å². The third-order valence-corrected chi connectivity index (χ3v) is 2.62. The molecule has 60 valence electrons. The van der Waals surface area contributed by atoms with Gasteiger partial charge in [-0.3, -0.25) is 0 Å². The van der Waals surface area contributed by atoms with Crippen LogP contribution in [0.15, 0.2) is 0 Å².